The Kier molecular flexibility index (Phi) is 13.8. The van der Waals surface area contributed by atoms with E-state index in [-0.39, 0.29) is 31.4 Å². The van der Waals surface area contributed by atoms with Crippen LogP contribution < -0.4 is 27.4 Å². The number of rotatable bonds is 16. The van der Waals surface area contributed by atoms with E-state index < -0.39 is 53.8 Å². The normalized spacial score (nSPS) is 14.1. The smallest absolute Gasteiger partial charge is 0.326 e. The number of carbonyl (C=O) groups excluding carboxylic acids is 4. The Labute approximate surface area is 213 Å². The predicted molar refractivity (Wildman–Crippen MR) is 137 cm³/mol. The van der Waals surface area contributed by atoms with Crippen molar-refractivity contribution in [1.29, 1.82) is 0 Å². The Morgan fingerprint density at radius 1 is 0.943 bits per heavy atom. The number of amides is 4. The molecule has 4 amide bonds. The summed E-state index contributed by atoms with van der Waals surface area (Å²) in [5.41, 5.74) is 11.7. The van der Waals surface area contributed by atoms with Gasteiger partial charge in [-0.25, -0.2) is 4.79 Å². The SMILES string of the molecule is CSCCC(NC(=O)C(CS)NC(=O)C(Cc1ccccc1)NC(=O)C(N)CCC(N)=O)C(=O)O. The largest absolute Gasteiger partial charge is 0.480 e. The zero-order chi connectivity index (χ0) is 26.4. The number of carboxylic acid groups (broad SMARTS) is 1. The first-order valence-corrected chi connectivity index (χ1v) is 12.9. The Morgan fingerprint density at radius 3 is 2.06 bits per heavy atom. The molecule has 8 N–H and O–H groups in total. The van der Waals surface area contributed by atoms with Gasteiger partial charge in [0.05, 0.1) is 6.04 Å². The minimum atomic E-state index is -1.18. The van der Waals surface area contributed by atoms with E-state index in [1.807, 2.05) is 6.26 Å². The van der Waals surface area contributed by atoms with Crippen molar-refractivity contribution in [3.63, 3.8) is 0 Å². The van der Waals surface area contributed by atoms with Crippen molar-refractivity contribution in [3.8, 4) is 0 Å². The molecule has 11 nitrogen and oxygen atoms in total. The molecular formula is C22H33N5O6S2. The molecule has 35 heavy (non-hydrogen) atoms. The third-order valence-electron chi connectivity index (χ3n) is 4.99. The zero-order valence-electron chi connectivity index (χ0n) is 19.4. The highest BCUT2D eigenvalue weighted by Gasteiger charge is 2.30. The molecule has 0 saturated heterocycles. The zero-order valence-corrected chi connectivity index (χ0v) is 21.1. The third-order valence-corrected chi connectivity index (χ3v) is 6.00. The van der Waals surface area contributed by atoms with Crippen LogP contribution in [0, 0.1) is 0 Å². The first-order chi connectivity index (χ1) is 16.6. The molecule has 0 aliphatic carbocycles. The molecule has 4 unspecified atom stereocenters. The van der Waals surface area contributed by atoms with Crippen LogP contribution in [0.2, 0.25) is 0 Å². The summed E-state index contributed by atoms with van der Waals surface area (Å²) in [6, 6.07) is 4.48. The highest BCUT2D eigenvalue weighted by atomic mass is 32.2. The minimum absolute atomic E-state index is 0.00906. The molecule has 1 aromatic rings. The average molecular weight is 528 g/mol. The van der Waals surface area contributed by atoms with Crippen molar-refractivity contribution in [2.75, 3.05) is 17.8 Å². The summed E-state index contributed by atoms with van der Waals surface area (Å²) in [7, 11) is 0. The second-order valence-electron chi connectivity index (χ2n) is 7.79. The van der Waals surface area contributed by atoms with Gasteiger partial charge in [0, 0.05) is 18.6 Å². The second-order valence-corrected chi connectivity index (χ2v) is 9.14. The molecule has 0 saturated carbocycles. The fourth-order valence-electron chi connectivity index (χ4n) is 3.00. The standard InChI is InChI=1S/C22H33N5O6S2/c1-35-10-9-15(22(32)33)25-21(31)17(12-34)27-20(30)16(11-13-5-3-2-4-6-13)26-19(29)14(23)7-8-18(24)28/h2-6,14-17,34H,7-12,23H2,1H3,(H2,24,28)(H,25,31)(H,26,29)(H,27,30)(H,32,33). The summed E-state index contributed by atoms with van der Waals surface area (Å²) >= 11 is 5.55. The van der Waals surface area contributed by atoms with Gasteiger partial charge in [0.15, 0.2) is 0 Å². The number of thiol groups is 1. The van der Waals surface area contributed by atoms with Gasteiger partial charge in [-0.2, -0.15) is 24.4 Å². The van der Waals surface area contributed by atoms with Crippen LogP contribution in [0.1, 0.15) is 24.8 Å². The number of nitrogens with two attached hydrogens (primary N) is 2. The minimum Gasteiger partial charge on any atom is -0.480 e. The topological polar surface area (TPSA) is 194 Å². The molecular weight excluding hydrogens is 494 g/mol. The molecule has 0 bridgehead atoms. The van der Waals surface area contributed by atoms with E-state index in [1.165, 1.54) is 11.8 Å². The number of thioether (sulfide) groups is 1. The number of hydrogen-bond donors (Lipinski definition) is 7. The lowest BCUT2D eigenvalue weighted by atomic mass is 10.0. The van der Waals surface area contributed by atoms with E-state index in [0.29, 0.717) is 5.75 Å². The Balaban J connectivity index is 2.95. The lowest BCUT2D eigenvalue weighted by molar-refractivity contribution is -0.142. The van der Waals surface area contributed by atoms with Crippen LogP contribution in [0.15, 0.2) is 30.3 Å². The van der Waals surface area contributed by atoms with E-state index >= 15 is 0 Å². The van der Waals surface area contributed by atoms with Gasteiger partial charge in [-0.3, -0.25) is 19.2 Å². The van der Waals surface area contributed by atoms with Gasteiger partial charge >= 0.3 is 5.97 Å². The molecule has 0 heterocycles. The van der Waals surface area contributed by atoms with Crippen molar-refractivity contribution in [2.24, 2.45) is 11.5 Å². The second kappa shape index (κ2) is 16.0. The molecule has 1 aromatic carbocycles. The van der Waals surface area contributed by atoms with Crippen molar-refractivity contribution in [1.82, 2.24) is 16.0 Å². The summed E-state index contributed by atoms with van der Waals surface area (Å²) in [4.78, 5) is 60.7. The molecule has 0 aliphatic rings. The van der Waals surface area contributed by atoms with Crippen LogP contribution in [-0.2, 0) is 30.4 Å². The van der Waals surface area contributed by atoms with E-state index in [1.54, 1.807) is 30.3 Å². The molecule has 194 valence electrons. The van der Waals surface area contributed by atoms with Gasteiger partial charge < -0.3 is 32.5 Å². The maximum atomic E-state index is 13.1. The van der Waals surface area contributed by atoms with E-state index in [0.717, 1.165) is 5.56 Å². The fraction of sp³-hybridized carbons (Fsp3) is 0.500. The number of hydrogen-bond acceptors (Lipinski definition) is 8. The average Bonchev–Trinajstić information content (AvgIpc) is 2.83. The lowest BCUT2D eigenvalue weighted by Gasteiger charge is -2.24. The first-order valence-electron chi connectivity index (χ1n) is 10.9. The number of aliphatic carboxylic acids is 1. The molecule has 0 radical (unpaired) electrons. The van der Waals surface area contributed by atoms with Crippen molar-refractivity contribution in [2.45, 2.75) is 49.9 Å². The van der Waals surface area contributed by atoms with E-state index in [9.17, 15) is 29.1 Å². The summed E-state index contributed by atoms with van der Waals surface area (Å²) in [5.74, 6) is -3.40. The van der Waals surface area contributed by atoms with Crippen LogP contribution >= 0.6 is 24.4 Å². The fourth-order valence-corrected chi connectivity index (χ4v) is 3.73. The van der Waals surface area contributed by atoms with Crippen LogP contribution in [0.25, 0.3) is 0 Å². The Hall–Kier alpha value is -2.77. The van der Waals surface area contributed by atoms with Crippen molar-refractivity contribution >= 4 is 54.0 Å². The van der Waals surface area contributed by atoms with Gasteiger partial charge in [0.2, 0.25) is 23.6 Å². The number of carbonyl (C=O) groups is 5. The molecule has 0 spiro atoms. The maximum absolute atomic E-state index is 13.1. The first kappa shape index (κ1) is 30.3. The molecule has 0 aromatic heterocycles. The van der Waals surface area contributed by atoms with Crippen LogP contribution in [0.5, 0.6) is 0 Å². The van der Waals surface area contributed by atoms with Gasteiger partial charge in [-0.15, -0.1) is 0 Å². The summed E-state index contributed by atoms with van der Waals surface area (Å²) < 4.78 is 0. The molecule has 0 aliphatic heterocycles. The van der Waals surface area contributed by atoms with Crippen LogP contribution in [0.3, 0.4) is 0 Å². The quantitative estimate of drug-likeness (QED) is 0.134. The number of nitrogens with one attached hydrogen (secondary N) is 3. The number of benzene rings is 1. The van der Waals surface area contributed by atoms with Gasteiger partial charge in [-0.1, -0.05) is 30.3 Å². The third kappa shape index (κ3) is 11.5. The van der Waals surface area contributed by atoms with E-state index in [4.69, 9.17) is 11.5 Å². The van der Waals surface area contributed by atoms with Crippen LogP contribution in [-0.4, -0.2) is 76.6 Å². The lowest BCUT2D eigenvalue weighted by Crippen LogP contribution is -2.58. The highest BCUT2D eigenvalue weighted by molar-refractivity contribution is 7.98. The van der Waals surface area contributed by atoms with Gasteiger partial charge in [0.1, 0.15) is 18.1 Å². The molecule has 13 heteroatoms. The Morgan fingerprint density at radius 2 is 1.51 bits per heavy atom. The van der Waals surface area contributed by atoms with E-state index in [2.05, 4.69) is 28.6 Å². The molecule has 4 atom stereocenters. The van der Waals surface area contributed by atoms with Crippen LogP contribution in [0.4, 0.5) is 0 Å². The van der Waals surface area contributed by atoms with Crippen molar-refractivity contribution in [3.05, 3.63) is 35.9 Å². The van der Waals surface area contributed by atoms with Gasteiger partial charge in [0.25, 0.3) is 0 Å². The summed E-state index contributed by atoms with van der Waals surface area (Å²) in [6.45, 7) is 0. The number of carboxylic acids is 1. The predicted octanol–water partition coefficient (Wildman–Crippen LogP) is -0.956. The highest BCUT2D eigenvalue weighted by Crippen LogP contribution is 2.06. The summed E-state index contributed by atoms with van der Waals surface area (Å²) in [6.07, 6.45) is 2.06. The summed E-state index contributed by atoms with van der Waals surface area (Å²) in [5, 5.41) is 16.9. The number of primary amides is 1. The molecule has 1 rings (SSSR count). The monoisotopic (exact) mass is 527 g/mol. The Bertz CT molecular complexity index is 873. The maximum Gasteiger partial charge on any atom is 0.326 e. The van der Waals surface area contributed by atoms with Gasteiger partial charge in [-0.05, 0) is 30.4 Å². The van der Waals surface area contributed by atoms with Crippen molar-refractivity contribution < 1.29 is 29.1 Å². The molecule has 0 fully saturated rings.